The van der Waals surface area contributed by atoms with Gasteiger partial charge in [-0.3, -0.25) is 19.0 Å². The molecule has 3 aromatic rings. The van der Waals surface area contributed by atoms with Gasteiger partial charge in [-0.15, -0.1) is 0 Å². The molecule has 0 radical (unpaired) electrons. The number of nitrogens with zero attached hydrogens (tertiary/aromatic N) is 3. The molecule has 166 valence electrons. The van der Waals surface area contributed by atoms with Crippen molar-refractivity contribution >= 4 is 22.8 Å². The molecule has 2 heterocycles. The zero-order valence-electron chi connectivity index (χ0n) is 18.0. The van der Waals surface area contributed by atoms with Crippen molar-refractivity contribution in [2.45, 2.75) is 31.8 Å². The minimum atomic E-state index is -0.310. The molecule has 0 atom stereocenters. The summed E-state index contributed by atoms with van der Waals surface area (Å²) < 4.78 is 6.77. The summed E-state index contributed by atoms with van der Waals surface area (Å²) in [6.07, 6.45) is 2.88. The molecule has 32 heavy (non-hydrogen) atoms. The second-order valence-electron chi connectivity index (χ2n) is 7.88. The van der Waals surface area contributed by atoms with Crippen molar-refractivity contribution in [2.24, 2.45) is 0 Å². The number of carbonyl (C=O) groups excluding carboxylic acids is 2. The van der Waals surface area contributed by atoms with Crippen molar-refractivity contribution in [3.8, 4) is 5.75 Å². The average molecular weight is 434 g/mol. The van der Waals surface area contributed by atoms with Crippen molar-refractivity contribution < 1.29 is 14.3 Å². The van der Waals surface area contributed by atoms with E-state index in [2.05, 4.69) is 10.3 Å². The predicted molar refractivity (Wildman–Crippen MR) is 120 cm³/mol. The molecule has 0 aliphatic carbocycles. The number of aromatic nitrogens is 2. The van der Waals surface area contributed by atoms with Gasteiger partial charge >= 0.3 is 0 Å². The smallest absolute Gasteiger partial charge is 0.269 e. The van der Waals surface area contributed by atoms with Crippen LogP contribution in [-0.2, 0) is 22.6 Å². The van der Waals surface area contributed by atoms with Crippen LogP contribution in [0.3, 0.4) is 0 Å². The summed E-state index contributed by atoms with van der Waals surface area (Å²) in [6.45, 7) is 1.10. The Morgan fingerprint density at radius 1 is 1.09 bits per heavy atom. The van der Waals surface area contributed by atoms with E-state index in [4.69, 9.17) is 4.74 Å². The van der Waals surface area contributed by atoms with E-state index in [0.29, 0.717) is 49.1 Å². The van der Waals surface area contributed by atoms with Crippen LogP contribution in [0.25, 0.3) is 11.0 Å². The Labute approximate surface area is 185 Å². The summed E-state index contributed by atoms with van der Waals surface area (Å²) in [4.78, 5) is 43.5. The maximum absolute atomic E-state index is 12.7. The molecule has 0 spiro atoms. The fourth-order valence-corrected chi connectivity index (χ4v) is 4.09. The third-order valence-electron chi connectivity index (χ3n) is 5.80. The SMILES string of the molecule is COc1ccccc1CC(=O)N1CCC(NC(=O)Cn2c(=O)cnc3ccccc32)CC1. The van der Waals surface area contributed by atoms with Crippen molar-refractivity contribution in [2.75, 3.05) is 20.2 Å². The molecule has 2 aromatic carbocycles. The predicted octanol–water partition coefficient (Wildman–Crippen LogP) is 1.75. The molecule has 1 aliphatic rings. The molecule has 0 saturated carbocycles. The second-order valence-corrected chi connectivity index (χ2v) is 7.88. The van der Waals surface area contributed by atoms with Gasteiger partial charge in [0.15, 0.2) is 0 Å². The van der Waals surface area contributed by atoms with E-state index in [9.17, 15) is 14.4 Å². The number of carbonyl (C=O) groups is 2. The fourth-order valence-electron chi connectivity index (χ4n) is 4.09. The lowest BCUT2D eigenvalue weighted by Gasteiger charge is -2.32. The highest BCUT2D eigenvalue weighted by molar-refractivity contribution is 5.81. The monoisotopic (exact) mass is 434 g/mol. The summed E-state index contributed by atoms with van der Waals surface area (Å²) in [5.41, 5.74) is 1.86. The van der Waals surface area contributed by atoms with E-state index >= 15 is 0 Å². The molecule has 1 fully saturated rings. The molecule has 1 saturated heterocycles. The van der Waals surface area contributed by atoms with Crippen molar-refractivity contribution in [1.29, 1.82) is 0 Å². The minimum absolute atomic E-state index is 0.0263. The van der Waals surface area contributed by atoms with Gasteiger partial charge in [0.2, 0.25) is 11.8 Å². The van der Waals surface area contributed by atoms with Crippen LogP contribution < -0.4 is 15.6 Å². The van der Waals surface area contributed by atoms with Crippen LogP contribution in [0.4, 0.5) is 0 Å². The van der Waals surface area contributed by atoms with Gasteiger partial charge in [0.05, 0.1) is 30.8 Å². The first-order chi connectivity index (χ1) is 15.5. The van der Waals surface area contributed by atoms with E-state index in [-0.39, 0.29) is 30.0 Å². The molecule has 0 bridgehead atoms. The van der Waals surface area contributed by atoms with Crippen molar-refractivity contribution in [3.63, 3.8) is 0 Å². The Bertz CT molecular complexity index is 1180. The molecule has 1 N–H and O–H groups in total. The van der Waals surface area contributed by atoms with Crippen LogP contribution in [0.2, 0.25) is 0 Å². The summed E-state index contributed by atoms with van der Waals surface area (Å²) in [5, 5.41) is 3.01. The molecule has 1 aliphatic heterocycles. The van der Waals surface area contributed by atoms with Gasteiger partial charge in [-0.2, -0.15) is 0 Å². The number of ether oxygens (including phenoxy) is 1. The van der Waals surface area contributed by atoms with Crippen LogP contribution in [0, 0.1) is 0 Å². The molecule has 2 amide bonds. The lowest BCUT2D eigenvalue weighted by atomic mass is 10.0. The Hall–Kier alpha value is -3.68. The number of hydrogen-bond donors (Lipinski definition) is 1. The Kier molecular flexibility index (Phi) is 6.49. The highest BCUT2D eigenvalue weighted by Crippen LogP contribution is 2.20. The van der Waals surface area contributed by atoms with Crippen LogP contribution in [0.15, 0.2) is 59.5 Å². The highest BCUT2D eigenvalue weighted by atomic mass is 16.5. The Balaban J connectivity index is 1.32. The van der Waals surface area contributed by atoms with Crippen LogP contribution in [-0.4, -0.2) is 52.5 Å². The first-order valence-corrected chi connectivity index (χ1v) is 10.7. The number of para-hydroxylation sites is 3. The van der Waals surface area contributed by atoms with Gasteiger partial charge in [0.25, 0.3) is 5.56 Å². The zero-order chi connectivity index (χ0) is 22.5. The van der Waals surface area contributed by atoms with Gasteiger partial charge < -0.3 is 15.0 Å². The third-order valence-corrected chi connectivity index (χ3v) is 5.80. The number of rotatable bonds is 6. The van der Waals surface area contributed by atoms with E-state index in [1.807, 2.05) is 41.3 Å². The number of amides is 2. The average Bonchev–Trinajstić information content (AvgIpc) is 2.81. The molecule has 0 unspecified atom stereocenters. The van der Waals surface area contributed by atoms with Gasteiger partial charge in [0.1, 0.15) is 12.3 Å². The second kappa shape index (κ2) is 9.64. The van der Waals surface area contributed by atoms with Crippen molar-refractivity contribution in [3.05, 3.63) is 70.6 Å². The number of piperidine rings is 1. The normalized spacial score (nSPS) is 14.3. The summed E-state index contributed by atoms with van der Waals surface area (Å²) in [5.74, 6) is 0.540. The first-order valence-electron chi connectivity index (χ1n) is 10.7. The quantitative estimate of drug-likeness (QED) is 0.638. The van der Waals surface area contributed by atoms with Gasteiger partial charge in [-0.1, -0.05) is 30.3 Å². The van der Waals surface area contributed by atoms with Crippen molar-refractivity contribution in [1.82, 2.24) is 19.8 Å². The summed E-state index contributed by atoms with van der Waals surface area (Å²) >= 11 is 0. The fraction of sp³-hybridized carbons (Fsp3) is 0.333. The van der Waals surface area contributed by atoms with Crippen LogP contribution in [0.5, 0.6) is 5.75 Å². The van der Waals surface area contributed by atoms with Gasteiger partial charge in [-0.05, 0) is 31.0 Å². The standard InChI is InChI=1S/C24H26N4O4/c1-32-21-9-5-2-6-17(21)14-23(30)27-12-10-18(11-13-27)26-22(29)16-28-20-8-4-3-7-19(20)25-15-24(28)31/h2-9,15,18H,10-14,16H2,1H3,(H,26,29). The molecular weight excluding hydrogens is 408 g/mol. The van der Waals surface area contributed by atoms with Gasteiger partial charge in [-0.25, -0.2) is 4.98 Å². The van der Waals surface area contributed by atoms with E-state index in [0.717, 1.165) is 5.56 Å². The number of nitrogens with one attached hydrogen (secondary N) is 1. The van der Waals surface area contributed by atoms with Gasteiger partial charge in [0, 0.05) is 24.7 Å². The maximum Gasteiger partial charge on any atom is 0.269 e. The van der Waals surface area contributed by atoms with E-state index in [1.54, 1.807) is 19.2 Å². The number of methoxy groups -OCH3 is 1. The first kappa shape index (κ1) is 21.5. The molecule has 4 rings (SSSR count). The topological polar surface area (TPSA) is 93.5 Å². The molecular formula is C24H26N4O4. The summed E-state index contributed by atoms with van der Waals surface area (Å²) in [6, 6.07) is 14.7. The lowest BCUT2D eigenvalue weighted by Crippen LogP contribution is -2.48. The molecule has 1 aromatic heterocycles. The largest absolute Gasteiger partial charge is 0.496 e. The maximum atomic E-state index is 12.7. The van der Waals surface area contributed by atoms with E-state index < -0.39 is 0 Å². The van der Waals surface area contributed by atoms with E-state index in [1.165, 1.54) is 10.8 Å². The third kappa shape index (κ3) is 4.80. The number of hydrogen-bond acceptors (Lipinski definition) is 5. The summed E-state index contributed by atoms with van der Waals surface area (Å²) in [7, 11) is 1.60. The number of benzene rings is 2. The highest BCUT2D eigenvalue weighted by Gasteiger charge is 2.24. The van der Waals surface area contributed by atoms with Crippen LogP contribution >= 0.6 is 0 Å². The Morgan fingerprint density at radius 3 is 2.59 bits per heavy atom. The number of likely N-dealkylation sites (tertiary alicyclic amines) is 1. The number of fused-ring (bicyclic) bond motifs is 1. The molecule has 8 heteroatoms. The lowest BCUT2D eigenvalue weighted by molar-refractivity contribution is -0.131. The van der Waals surface area contributed by atoms with Crippen LogP contribution in [0.1, 0.15) is 18.4 Å². The minimum Gasteiger partial charge on any atom is -0.496 e. The molecule has 8 nitrogen and oxygen atoms in total. The zero-order valence-corrected chi connectivity index (χ0v) is 18.0. The Morgan fingerprint density at radius 2 is 1.81 bits per heavy atom.